The lowest BCUT2D eigenvalue weighted by atomic mass is 9.29. The maximum atomic E-state index is 3.05. The van der Waals surface area contributed by atoms with Crippen LogP contribution in [0.4, 0.5) is 0 Å². The summed E-state index contributed by atoms with van der Waals surface area (Å²) in [4.78, 5) is 0. The second kappa shape index (κ2) is 15.3. The normalized spacial score (nSPS) is 43.5. The maximum Gasteiger partial charge on any atom is -0.0207 e. The molecule has 6 saturated carbocycles. The lowest BCUT2D eigenvalue weighted by Gasteiger charge is -2.75. The molecule has 0 spiro atoms. The smallest absolute Gasteiger partial charge is 0.0207 e. The lowest BCUT2D eigenvalue weighted by Crippen LogP contribution is -2.69. The van der Waals surface area contributed by atoms with Gasteiger partial charge >= 0.3 is 0 Å². The van der Waals surface area contributed by atoms with Crippen molar-refractivity contribution >= 4 is 0 Å². The van der Waals surface area contributed by atoms with E-state index >= 15 is 0 Å². The fraction of sp³-hybridized carbons (Fsp3) is 1.00. The number of unbranched alkanes of at least 4 members (excludes halogenated alkanes) is 5. The van der Waals surface area contributed by atoms with Crippen LogP contribution in [0.25, 0.3) is 0 Å². The van der Waals surface area contributed by atoms with E-state index in [1.165, 1.54) is 122 Å². The largest absolute Gasteiger partial charge is 0.0654 e. The molecule has 0 radical (unpaired) electrons. The molecule has 6 aliphatic rings. The molecule has 6 aliphatic carbocycles. The van der Waals surface area contributed by atoms with Gasteiger partial charge in [-0.2, -0.15) is 0 Å². The van der Waals surface area contributed by atoms with Crippen LogP contribution in [0.5, 0.6) is 0 Å². The van der Waals surface area contributed by atoms with Gasteiger partial charge in [0.2, 0.25) is 0 Å². The molecule has 0 bridgehead atoms. The average Bonchev–Trinajstić information content (AvgIpc) is 3.11. The molecule has 0 aromatic rings. The number of hydrogen-bond acceptors (Lipinski definition) is 0. The minimum Gasteiger partial charge on any atom is -0.0654 e. The van der Waals surface area contributed by atoms with Crippen molar-refractivity contribution in [1.29, 1.82) is 0 Å². The first-order valence-electron chi connectivity index (χ1n) is 22.6. The Balaban J connectivity index is 1.47. The van der Waals surface area contributed by atoms with Crippen molar-refractivity contribution in [2.24, 2.45) is 62.6 Å². The highest BCUT2D eigenvalue weighted by Gasteiger charge is 2.71. The second-order valence-corrected chi connectivity index (χ2v) is 20.8. The summed E-state index contributed by atoms with van der Waals surface area (Å²) in [5.41, 5.74) is 2.55. The summed E-state index contributed by atoms with van der Waals surface area (Å²) in [6.07, 6.45) is 45.6. The third-order valence-corrected chi connectivity index (χ3v) is 18.8. The van der Waals surface area contributed by atoms with Crippen LogP contribution >= 0.6 is 0 Å². The molecule has 6 rings (SSSR count). The molecule has 272 valence electrons. The zero-order valence-corrected chi connectivity index (χ0v) is 33.2. The van der Waals surface area contributed by atoms with Crippen molar-refractivity contribution in [3.05, 3.63) is 0 Å². The van der Waals surface area contributed by atoms with Crippen LogP contribution in [0.3, 0.4) is 0 Å². The molecule has 0 heterocycles. The fourth-order valence-corrected chi connectivity index (χ4v) is 15.8. The molecule has 47 heavy (non-hydrogen) atoms. The van der Waals surface area contributed by atoms with E-state index in [-0.39, 0.29) is 0 Å². The molecule has 0 nitrogen and oxygen atoms in total. The predicted molar refractivity (Wildman–Crippen MR) is 206 cm³/mol. The van der Waals surface area contributed by atoms with E-state index in [4.69, 9.17) is 0 Å². The summed E-state index contributed by atoms with van der Waals surface area (Å²) < 4.78 is 0. The van der Waals surface area contributed by atoms with Gasteiger partial charge in [0, 0.05) is 0 Å². The summed E-state index contributed by atoms with van der Waals surface area (Å²) in [5, 5.41) is 0. The van der Waals surface area contributed by atoms with Crippen LogP contribution < -0.4 is 0 Å². The standard InChI is InChI=1S/C47H84/c1-7-8-9-10-11-24-33-46(5)45(4,39-29-20-14-21-30-39)35-41-42(47(46,6)40-31-22-15-23-32-40)34-43(2,37-25-16-12-17-26-37)36-44(41,3)38-27-18-13-19-28-38/h37-42H,7-36H2,1-6H3. The van der Waals surface area contributed by atoms with E-state index in [9.17, 15) is 0 Å². The van der Waals surface area contributed by atoms with E-state index in [0.29, 0.717) is 27.1 Å². The van der Waals surface area contributed by atoms with Gasteiger partial charge < -0.3 is 0 Å². The highest BCUT2D eigenvalue weighted by atomic mass is 14.8. The van der Waals surface area contributed by atoms with Gasteiger partial charge in [-0.3, -0.25) is 0 Å². The molecule has 6 fully saturated rings. The van der Waals surface area contributed by atoms with Gasteiger partial charge in [0.15, 0.2) is 0 Å². The van der Waals surface area contributed by atoms with E-state index < -0.39 is 0 Å². The molecular weight excluding hydrogens is 565 g/mol. The van der Waals surface area contributed by atoms with Crippen LogP contribution in [0.1, 0.15) is 234 Å². The average molecular weight is 649 g/mol. The Kier molecular flexibility index (Phi) is 12.0. The van der Waals surface area contributed by atoms with Crippen LogP contribution in [0, 0.1) is 62.6 Å². The monoisotopic (exact) mass is 649 g/mol. The first-order chi connectivity index (χ1) is 22.6. The van der Waals surface area contributed by atoms with Crippen LogP contribution in [0.2, 0.25) is 0 Å². The second-order valence-electron chi connectivity index (χ2n) is 20.8. The van der Waals surface area contributed by atoms with Crippen LogP contribution in [-0.4, -0.2) is 0 Å². The molecular formula is C47H84. The zero-order chi connectivity index (χ0) is 33.2. The van der Waals surface area contributed by atoms with E-state index in [0.717, 1.165) is 35.5 Å². The lowest BCUT2D eigenvalue weighted by molar-refractivity contribution is -0.271. The van der Waals surface area contributed by atoms with Gasteiger partial charge in [0.1, 0.15) is 0 Å². The Morgan fingerprint density at radius 3 is 1.47 bits per heavy atom. The van der Waals surface area contributed by atoms with Gasteiger partial charge in [0.25, 0.3) is 0 Å². The van der Waals surface area contributed by atoms with Crippen LogP contribution in [0.15, 0.2) is 0 Å². The third kappa shape index (κ3) is 6.73. The van der Waals surface area contributed by atoms with Crippen molar-refractivity contribution in [3.8, 4) is 0 Å². The van der Waals surface area contributed by atoms with E-state index in [1.807, 2.05) is 0 Å². The first kappa shape index (κ1) is 36.8. The molecule has 0 amide bonds. The molecule has 0 aliphatic heterocycles. The Morgan fingerprint density at radius 2 is 0.915 bits per heavy atom. The molecule has 0 aromatic carbocycles. The van der Waals surface area contributed by atoms with Crippen molar-refractivity contribution < 1.29 is 0 Å². The Hall–Kier alpha value is 0. The third-order valence-electron chi connectivity index (χ3n) is 18.8. The Bertz CT molecular complexity index is 957. The fourth-order valence-electron chi connectivity index (χ4n) is 15.8. The summed E-state index contributed by atoms with van der Waals surface area (Å²) in [5.74, 6) is 5.81. The van der Waals surface area contributed by atoms with Gasteiger partial charge in [-0.15, -0.1) is 0 Å². The highest BCUT2D eigenvalue weighted by Crippen LogP contribution is 2.79. The molecule has 0 heteroatoms. The minimum absolute atomic E-state index is 0.466. The summed E-state index contributed by atoms with van der Waals surface area (Å²) in [6.45, 7) is 17.3. The summed E-state index contributed by atoms with van der Waals surface area (Å²) >= 11 is 0. The highest BCUT2D eigenvalue weighted by molar-refractivity contribution is 5.20. The molecule has 0 aromatic heterocycles. The van der Waals surface area contributed by atoms with Crippen molar-refractivity contribution in [3.63, 3.8) is 0 Å². The maximum absolute atomic E-state index is 3.05. The number of fused-ring (bicyclic) bond motifs is 1. The Labute approximate surface area is 295 Å². The zero-order valence-electron chi connectivity index (χ0n) is 33.2. The molecule has 0 N–H and O–H groups in total. The van der Waals surface area contributed by atoms with Gasteiger partial charge in [0.05, 0.1) is 0 Å². The van der Waals surface area contributed by atoms with Crippen LogP contribution in [-0.2, 0) is 0 Å². The minimum atomic E-state index is 0.466. The first-order valence-corrected chi connectivity index (χ1v) is 22.6. The topological polar surface area (TPSA) is 0 Å². The van der Waals surface area contributed by atoms with Gasteiger partial charge in [-0.25, -0.2) is 0 Å². The quantitative estimate of drug-likeness (QED) is 0.196. The van der Waals surface area contributed by atoms with Crippen molar-refractivity contribution in [2.75, 3.05) is 0 Å². The van der Waals surface area contributed by atoms with E-state index in [1.54, 1.807) is 70.6 Å². The van der Waals surface area contributed by atoms with Crippen molar-refractivity contribution in [1.82, 2.24) is 0 Å². The SMILES string of the molecule is CCCCCCCCC1(C)C(C)(C2CCCCC2)CC2C(CC(C)(C3CCCCC3)CC2(C)C2CCCCC2)C1(C)C1CCCCC1. The Morgan fingerprint density at radius 1 is 0.447 bits per heavy atom. The van der Waals surface area contributed by atoms with Crippen molar-refractivity contribution in [2.45, 2.75) is 234 Å². The molecule has 7 unspecified atom stereocenters. The van der Waals surface area contributed by atoms with Gasteiger partial charge in [-0.1, -0.05) is 157 Å². The molecule has 7 atom stereocenters. The van der Waals surface area contributed by atoms with E-state index in [2.05, 4.69) is 41.5 Å². The number of rotatable bonds is 11. The summed E-state index contributed by atoms with van der Waals surface area (Å²) in [7, 11) is 0. The predicted octanol–water partition coefficient (Wildman–Crippen LogP) is 15.5. The van der Waals surface area contributed by atoms with Gasteiger partial charge in [-0.05, 0) is 140 Å². The summed E-state index contributed by atoms with van der Waals surface area (Å²) in [6, 6.07) is 0. The number of hydrogen-bond donors (Lipinski definition) is 0. The molecule has 0 saturated heterocycles.